The number of fused-ring (bicyclic) bond motifs is 1. The molecule has 1 aliphatic carbocycles. The van der Waals surface area contributed by atoms with Gasteiger partial charge in [0.15, 0.2) is 12.6 Å². The minimum Gasteiger partial charge on any atom is -0.379 e. The maximum absolute atomic E-state index is 9.83. The molecule has 0 aromatic carbocycles. The van der Waals surface area contributed by atoms with Crippen LogP contribution in [0.4, 0.5) is 0 Å². The van der Waals surface area contributed by atoms with Crippen LogP contribution in [-0.4, -0.2) is 73.7 Å². The number of aliphatic hydroxyl groups excluding tert-OH is 1. The predicted molar refractivity (Wildman–Crippen MR) is 78.2 cm³/mol. The molecule has 1 N–H and O–H groups in total. The van der Waals surface area contributed by atoms with Crippen LogP contribution in [0.5, 0.6) is 0 Å². The second-order valence-electron chi connectivity index (χ2n) is 6.87. The summed E-state index contributed by atoms with van der Waals surface area (Å²) in [4.78, 5) is 2.48. The molecule has 0 radical (unpaired) electrons. The van der Waals surface area contributed by atoms with Gasteiger partial charge in [-0.15, -0.1) is 0 Å². The van der Waals surface area contributed by atoms with E-state index in [2.05, 4.69) is 4.90 Å². The topological polar surface area (TPSA) is 60.4 Å². The molecule has 22 heavy (non-hydrogen) atoms. The SMILES string of the molecule is OC1C[C@H]2[C@H](N3CCOCC3)[C@@H](OC3CCCCO3)C[C@H]2O1. The van der Waals surface area contributed by atoms with Gasteiger partial charge in [0, 0.05) is 44.5 Å². The van der Waals surface area contributed by atoms with Gasteiger partial charge in [-0.3, -0.25) is 4.90 Å². The molecule has 0 aromatic rings. The number of hydrogen-bond acceptors (Lipinski definition) is 6. The molecule has 6 atom stereocenters. The molecule has 6 nitrogen and oxygen atoms in total. The van der Waals surface area contributed by atoms with Crippen molar-refractivity contribution in [2.24, 2.45) is 5.92 Å². The molecule has 0 bridgehead atoms. The van der Waals surface area contributed by atoms with E-state index in [1.165, 1.54) is 6.42 Å². The first-order valence-corrected chi connectivity index (χ1v) is 8.73. The van der Waals surface area contributed by atoms with Crippen molar-refractivity contribution < 1.29 is 24.1 Å². The molecule has 126 valence electrons. The van der Waals surface area contributed by atoms with E-state index in [0.717, 1.165) is 58.6 Å². The molecule has 2 unspecified atom stereocenters. The Bertz CT molecular complexity index is 370. The van der Waals surface area contributed by atoms with E-state index in [9.17, 15) is 5.11 Å². The van der Waals surface area contributed by atoms with Crippen molar-refractivity contribution in [3.63, 3.8) is 0 Å². The molecule has 1 saturated carbocycles. The van der Waals surface area contributed by atoms with Gasteiger partial charge in [-0.05, 0) is 19.3 Å². The lowest BCUT2D eigenvalue weighted by molar-refractivity contribution is -0.203. The third kappa shape index (κ3) is 3.05. The van der Waals surface area contributed by atoms with E-state index in [0.29, 0.717) is 12.0 Å². The lowest BCUT2D eigenvalue weighted by Gasteiger charge is -2.39. The Morgan fingerprint density at radius 1 is 1.05 bits per heavy atom. The van der Waals surface area contributed by atoms with Crippen LogP contribution in [0.3, 0.4) is 0 Å². The van der Waals surface area contributed by atoms with Gasteiger partial charge < -0.3 is 24.1 Å². The molecule has 4 rings (SSSR count). The molecule has 0 spiro atoms. The van der Waals surface area contributed by atoms with Gasteiger partial charge in [-0.25, -0.2) is 0 Å². The molecule has 0 amide bonds. The zero-order chi connectivity index (χ0) is 14.9. The van der Waals surface area contributed by atoms with Crippen LogP contribution in [0.15, 0.2) is 0 Å². The molecule has 3 saturated heterocycles. The largest absolute Gasteiger partial charge is 0.379 e. The van der Waals surface area contributed by atoms with Crippen molar-refractivity contribution in [1.29, 1.82) is 0 Å². The average Bonchev–Trinajstić information content (AvgIpc) is 3.04. The summed E-state index contributed by atoms with van der Waals surface area (Å²) in [5.41, 5.74) is 0. The van der Waals surface area contributed by atoms with E-state index in [4.69, 9.17) is 18.9 Å². The fraction of sp³-hybridized carbons (Fsp3) is 1.00. The standard InChI is InChI=1S/C16H27NO5/c18-14-9-11-12(21-14)10-13(22-15-3-1-2-6-20-15)16(11)17-4-7-19-8-5-17/h11-16,18H,1-10H2/t11-,12-,13+,14?,15?,16+/m1/s1. The van der Waals surface area contributed by atoms with Gasteiger partial charge in [-0.2, -0.15) is 0 Å². The van der Waals surface area contributed by atoms with E-state index < -0.39 is 6.29 Å². The van der Waals surface area contributed by atoms with Crippen LogP contribution in [0, 0.1) is 5.92 Å². The van der Waals surface area contributed by atoms with E-state index in [1.54, 1.807) is 0 Å². The Kier molecular flexibility index (Phi) is 4.66. The summed E-state index contributed by atoms with van der Waals surface area (Å²) < 4.78 is 23.3. The monoisotopic (exact) mass is 313 g/mol. The minimum atomic E-state index is -0.606. The number of ether oxygens (including phenoxy) is 4. The average molecular weight is 313 g/mol. The number of morpholine rings is 1. The molecule has 4 fully saturated rings. The molecular weight excluding hydrogens is 286 g/mol. The number of rotatable bonds is 3. The number of hydrogen-bond donors (Lipinski definition) is 1. The zero-order valence-electron chi connectivity index (χ0n) is 13.1. The normalized spacial score (nSPS) is 46.8. The minimum absolute atomic E-state index is 0.0639. The van der Waals surface area contributed by atoms with Gasteiger partial charge in [0.1, 0.15) is 0 Å². The van der Waals surface area contributed by atoms with E-state index >= 15 is 0 Å². The van der Waals surface area contributed by atoms with Gasteiger partial charge >= 0.3 is 0 Å². The second kappa shape index (κ2) is 6.71. The summed E-state index contributed by atoms with van der Waals surface area (Å²) in [6.45, 7) is 4.25. The Morgan fingerprint density at radius 3 is 2.68 bits per heavy atom. The predicted octanol–water partition coefficient (Wildman–Crippen LogP) is 0.726. The molecular formula is C16H27NO5. The van der Waals surface area contributed by atoms with Crippen LogP contribution in [-0.2, 0) is 18.9 Å². The third-order valence-electron chi connectivity index (χ3n) is 5.50. The number of aliphatic hydroxyl groups is 1. The van der Waals surface area contributed by atoms with E-state index in [1.807, 2.05) is 0 Å². The summed E-state index contributed by atoms with van der Waals surface area (Å²) in [6, 6.07) is 0.316. The van der Waals surface area contributed by atoms with E-state index in [-0.39, 0.29) is 18.5 Å². The third-order valence-corrected chi connectivity index (χ3v) is 5.50. The molecule has 3 heterocycles. The first-order valence-electron chi connectivity index (χ1n) is 8.73. The number of nitrogens with zero attached hydrogens (tertiary/aromatic N) is 1. The highest BCUT2D eigenvalue weighted by Crippen LogP contribution is 2.43. The first-order chi connectivity index (χ1) is 10.8. The summed E-state index contributed by atoms with van der Waals surface area (Å²) in [6.07, 6.45) is 4.49. The quantitative estimate of drug-likeness (QED) is 0.829. The van der Waals surface area contributed by atoms with Crippen molar-refractivity contribution >= 4 is 0 Å². The van der Waals surface area contributed by atoms with Crippen LogP contribution in [0.25, 0.3) is 0 Å². The van der Waals surface area contributed by atoms with Gasteiger partial charge in [0.2, 0.25) is 0 Å². The van der Waals surface area contributed by atoms with Crippen LogP contribution >= 0.6 is 0 Å². The highest BCUT2D eigenvalue weighted by Gasteiger charge is 2.52. The highest BCUT2D eigenvalue weighted by molar-refractivity contribution is 5.02. The van der Waals surface area contributed by atoms with Crippen molar-refractivity contribution in [3.8, 4) is 0 Å². The van der Waals surface area contributed by atoms with Gasteiger partial charge in [-0.1, -0.05) is 0 Å². The summed E-state index contributed by atoms with van der Waals surface area (Å²) in [5, 5.41) is 9.83. The fourth-order valence-corrected chi connectivity index (χ4v) is 4.51. The molecule has 3 aliphatic heterocycles. The summed E-state index contributed by atoms with van der Waals surface area (Å²) >= 11 is 0. The first kappa shape index (κ1) is 15.3. The Balaban J connectivity index is 1.46. The van der Waals surface area contributed by atoms with Gasteiger partial charge in [0.05, 0.1) is 25.4 Å². The van der Waals surface area contributed by atoms with Crippen LogP contribution in [0.2, 0.25) is 0 Å². The van der Waals surface area contributed by atoms with Crippen LogP contribution < -0.4 is 0 Å². The summed E-state index contributed by atoms with van der Waals surface area (Å²) in [5.74, 6) is 0.363. The van der Waals surface area contributed by atoms with Crippen molar-refractivity contribution in [3.05, 3.63) is 0 Å². The summed E-state index contributed by atoms with van der Waals surface area (Å²) in [7, 11) is 0. The van der Waals surface area contributed by atoms with Gasteiger partial charge in [0.25, 0.3) is 0 Å². The smallest absolute Gasteiger partial charge is 0.158 e. The second-order valence-corrected chi connectivity index (χ2v) is 6.87. The Morgan fingerprint density at radius 2 is 1.91 bits per heavy atom. The fourth-order valence-electron chi connectivity index (χ4n) is 4.51. The highest BCUT2D eigenvalue weighted by atomic mass is 16.7. The molecule has 0 aromatic heterocycles. The lowest BCUT2D eigenvalue weighted by atomic mass is 9.97. The zero-order valence-corrected chi connectivity index (χ0v) is 13.1. The van der Waals surface area contributed by atoms with Crippen LogP contribution in [0.1, 0.15) is 32.1 Å². The lowest BCUT2D eigenvalue weighted by Crippen LogP contribution is -2.51. The Labute approximate surface area is 131 Å². The maximum atomic E-state index is 9.83. The maximum Gasteiger partial charge on any atom is 0.158 e. The molecule has 6 heteroatoms. The van der Waals surface area contributed by atoms with Crippen molar-refractivity contribution in [2.45, 2.75) is 62.9 Å². The van der Waals surface area contributed by atoms with Crippen molar-refractivity contribution in [1.82, 2.24) is 4.90 Å². The molecule has 4 aliphatic rings. The Hall–Kier alpha value is -0.240. The van der Waals surface area contributed by atoms with Crippen molar-refractivity contribution in [2.75, 3.05) is 32.9 Å².